The highest BCUT2D eigenvalue weighted by molar-refractivity contribution is 5.47. The normalized spacial score (nSPS) is 9.08. The Morgan fingerprint density at radius 1 is 1.33 bits per heavy atom. The Morgan fingerprint density at radius 3 is 2.33 bits per heavy atom. The van der Waals surface area contributed by atoms with Gasteiger partial charge in [-0.05, 0) is 24.3 Å². The number of nitrogens with zero attached hydrogens (tertiary/aromatic N) is 2. The van der Waals surface area contributed by atoms with Crippen LogP contribution in [-0.4, -0.2) is 14.1 Å². The number of hydrogen-bond donors (Lipinski definition) is 1. The van der Waals surface area contributed by atoms with E-state index in [0.29, 0.717) is 5.56 Å². The molecule has 0 amide bonds. The second-order valence-corrected chi connectivity index (χ2v) is 2.44. The average Bonchev–Trinajstić information content (AvgIpc) is 2.17. The van der Waals surface area contributed by atoms with Crippen molar-refractivity contribution in [2.45, 2.75) is 0 Å². The third-order valence-corrected chi connectivity index (χ3v) is 1.72. The lowest BCUT2D eigenvalue weighted by molar-refractivity contribution is 0.791. The summed E-state index contributed by atoms with van der Waals surface area (Å²) < 4.78 is 0. The zero-order valence-corrected chi connectivity index (χ0v) is 7.20. The minimum absolute atomic E-state index is 0.684. The monoisotopic (exact) mass is 161 g/mol. The second-order valence-electron chi connectivity index (χ2n) is 2.44. The minimum Gasteiger partial charge on any atom is -0.312 e. The number of hydrazine groups is 1. The first kappa shape index (κ1) is 8.57. The van der Waals surface area contributed by atoms with Gasteiger partial charge in [-0.25, -0.2) is 5.43 Å². The van der Waals surface area contributed by atoms with E-state index in [1.165, 1.54) is 0 Å². The molecule has 0 aliphatic heterocycles. The van der Waals surface area contributed by atoms with E-state index in [1.807, 2.05) is 31.2 Å². The third-order valence-electron chi connectivity index (χ3n) is 1.72. The van der Waals surface area contributed by atoms with E-state index in [0.717, 1.165) is 5.69 Å². The van der Waals surface area contributed by atoms with Crippen molar-refractivity contribution >= 4 is 5.69 Å². The number of nitriles is 1. The van der Waals surface area contributed by atoms with E-state index in [1.54, 1.807) is 12.1 Å². The molecule has 0 fully saturated rings. The number of anilines is 1. The fourth-order valence-corrected chi connectivity index (χ4v) is 0.889. The summed E-state index contributed by atoms with van der Waals surface area (Å²) in [6, 6.07) is 9.46. The van der Waals surface area contributed by atoms with Gasteiger partial charge in [0.05, 0.1) is 17.3 Å². The van der Waals surface area contributed by atoms with Gasteiger partial charge in [-0.2, -0.15) is 5.26 Å². The zero-order chi connectivity index (χ0) is 8.97. The van der Waals surface area contributed by atoms with Crippen molar-refractivity contribution in [2.24, 2.45) is 0 Å². The molecule has 1 aromatic carbocycles. The molecule has 0 aliphatic rings. The fraction of sp³-hybridized carbons (Fsp3) is 0.222. The van der Waals surface area contributed by atoms with E-state index in [4.69, 9.17) is 5.26 Å². The minimum atomic E-state index is 0.684. The molecule has 0 spiro atoms. The van der Waals surface area contributed by atoms with Gasteiger partial charge in [0.15, 0.2) is 0 Å². The Morgan fingerprint density at radius 2 is 1.92 bits per heavy atom. The van der Waals surface area contributed by atoms with Gasteiger partial charge in [-0.3, -0.25) is 0 Å². The van der Waals surface area contributed by atoms with Gasteiger partial charge < -0.3 is 5.01 Å². The Labute approximate surface area is 72.2 Å². The topological polar surface area (TPSA) is 39.1 Å². The lowest BCUT2D eigenvalue weighted by atomic mass is 10.2. The molecule has 12 heavy (non-hydrogen) atoms. The molecule has 0 aliphatic carbocycles. The maximum Gasteiger partial charge on any atom is 0.0991 e. The molecule has 0 bridgehead atoms. The van der Waals surface area contributed by atoms with E-state index in [9.17, 15) is 0 Å². The summed E-state index contributed by atoms with van der Waals surface area (Å²) in [6.45, 7) is 0. The van der Waals surface area contributed by atoms with Gasteiger partial charge >= 0.3 is 0 Å². The van der Waals surface area contributed by atoms with E-state index >= 15 is 0 Å². The first-order chi connectivity index (χ1) is 5.77. The van der Waals surface area contributed by atoms with Gasteiger partial charge in [0.2, 0.25) is 0 Å². The first-order valence-corrected chi connectivity index (χ1v) is 3.69. The van der Waals surface area contributed by atoms with Crippen molar-refractivity contribution in [2.75, 3.05) is 19.1 Å². The fourth-order valence-electron chi connectivity index (χ4n) is 0.889. The maximum absolute atomic E-state index is 8.55. The van der Waals surface area contributed by atoms with Crippen molar-refractivity contribution in [1.82, 2.24) is 5.43 Å². The molecule has 1 aromatic rings. The van der Waals surface area contributed by atoms with Gasteiger partial charge in [-0.1, -0.05) is 0 Å². The predicted molar refractivity (Wildman–Crippen MR) is 48.6 cm³/mol. The van der Waals surface area contributed by atoms with Crippen molar-refractivity contribution in [3.63, 3.8) is 0 Å². The number of benzene rings is 1. The van der Waals surface area contributed by atoms with Crippen LogP contribution in [0.25, 0.3) is 0 Å². The van der Waals surface area contributed by atoms with Crippen LogP contribution in [0.1, 0.15) is 5.56 Å². The Hall–Kier alpha value is -1.53. The summed E-state index contributed by atoms with van der Waals surface area (Å²) >= 11 is 0. The number of rotatable bonds is 2. The summed E-state index contributed by atoms with van der Waals surface area (Å²) in [5, 5.41) is 10.4. The quantitative estimate of drug-likeness (QED) is 0.661. The second kappa shape index (κ2) is 3.74. The molecule has 3 nitrogen and oxygen atoms in total. The van der Waals surface area contributed by atoms with Crippen LogP contribution in [0.4, 0.5) is 5.69 Å². The molecule has 0 radical (unpaired) electrons. The van der Waals surface area contributed by atoms with Crippen LogP contribution in [0, 0.1) is 11.3 Å². The first-order valence-electron chi connectivity index (χ1n) is 3.69. The smallest absolute Gasteiger partial charge is 0.0991 e. The third kappa shape index (κ3) is 1.74. The summed E-state index contributed by atoms with van der Waals surface area (Å²) in [7, 11) is 3.76. The molecule has 0 heterocycles. The van der Waals surface area contributed by atoms with Crippen molar-refractivity contribution in [3.05, 3.63) is 29.8 Å². The van der Waals surface area contributed by atoms with E-state index in [2.05, 4.69) is 11.5 Å². The SMILES string of the molecule is CNN(C)c1ccc(C#N)cc1. The summed E-state index contributed by atoms with van der Waals surface area (Å²) in [5.74, 6) is 0. The standard InChI is InChI=1S/C9H11N3/c1-11-12(2)9-5-3-8(7-10)4-6-9/h3-6,11H,1-2H3. The summed E-state index contributed by atoms with van der Waals surface area (Å²) in [6.07, 6.45) is 0. The lowest BCUT2D eigenvalue weighted by Gasteiger charge is -2.16. The van der Waals surface area contributed by atoms with Gasteiger partial charge in [-0.15, -0.1) is 0 Å². The predicted octanol–water partition coefficient (Wildman–Crippen LogP) is 1.13. The average molecular weight is 161 g/mol. The van der Waals surface area contributed by atoms with Crippen LogP contribution in [0.3, 0.4) is 0 Å². The van der Waals surface area contributed by atoms with E-state index < -0.39 is 0 Å². The summed E-state index contributed by atoms with van der Waals surface area (Å²) in [4.78, 5) is 0. The van der Waals surface area contributed by atoms with E-state index in [-0.39, 0.29) is 0 Å². The van der Waals surface area contributed by atoms with Crippen LogP contribution >= 0.6 is 0 Å². The molecule has 0 unspecified atom stereocenters. The molecule has 3 heteroatoms. The highest BCUT2D eigenvalue weighted by atomic mass is 15.5. The Bertz CT molecular complexity index is 284. The van der Waals surface area contributed by atoms with Crippen LogP contribution in [0.5, 0.6) is 0 Å². The molecule has 0 saturated carbocycles. The largest absolute Gasteiger partial charge is 0.312 e. The zero-order valence-electron chi connectivity index (χ0n) is 7.20. The molecule has 1 N–H and O–H groups in total. The van der Waals surface area contributed by atoms with Crippen molar-refractivity contribution in [3.8, 4) is 6.07 Å². The van der Waals surface area contributed by atoms with Crippen LogP contribution in [-0.2, 0) is 0 Å². The number of hydrogen-bond acceptors (Lipinski definition) is 3. The van der Waals surface area contributed by atoms with Crippen LogP contribution in [0.2, 0.25) is 0 Å². The maximum atomic E-state index is 8.55. The molecule has 0 saturated heterocycles. The molecule has 1 rings (SSSR count). The summed E-state index contributed by atoms with van der Waals surface area (Å²) in [5.41, 5.74) is 4.69. The molecule has 0 atom stereocenters. The molecule has 0 aromatic heterocycles. The van der Waals surface area contributed by atoms with Gasteiger partial charge in [0.1, 0.15) is 0 Å². The van der Waals surface area contributed by atoms with Crippen LogP contribution in [0.15, 0.2) is 24.3 Å². The van der Waals surface area contributed by atoms with Gasteiger partial charge in [0, 0.05) is 14.1 Å². The molecular weight excluding hydrogens is 150 g/mol. The van der Waals surface area contributed by atoms with Crippen LogP contribution < -0.4 is 10.4 Å². The Balaban J connectivity index is 2.86. The molecular formula is C9H11N3. The van der Waals surface area contributed by atoms with Crippen molar-refractivity contribution < 1.29 is 0 Å². The Kier molecular flexibility index (Phi) is 2.67. The van der Waals surface area contributed by atoms with Crippen molar-refractivity contribution in [1.29, 1.82) is 5.26 Å². The highest BCUT2D eigenvalue weighted by Gasteiger charge is 1.96. The van der Waals surface area contributed by atoms with Gasteiger partial charge in [0.25, 0.3) is 0 Å². The highest BCUT2D eigenvalue weighted by Crippen LogP contribution is 2.10. The molecule has 62 valence electrons. The number of nitrogens with one attached hydrogen (secondary N) is 1. The lowest BCUT2D eigenvalue weighted by Crippen LogP contribution is -2.30.